The highest BCUT2D eigenvalue weighted by molar-refractivity contribution is 5.94. The van der Waals surface area contributed by atoms with Gasteiger partial charge in [-0.1, -0.05) is 6.07 Å². The van der Waals surface area contributed by atoms with E-state index in [1.165, 1.54) is 0 Å². The van der Waals surface area contributed by atoms with E-state index in [9.17, 15) is 0 Å². The predicted molar refractivity (Wildman–Crippen MR) is 106 cm³/mol. The van der Waals surface area contributed by atoms with Crippen LogP contribution in [0.1, 0.15) is 11.3 Å². The number of aromatic amines is 1. The fourth-order valence-electron chi connectivity index (χ4n) is 2.86. The Labute approximate surface area is 161 Å². The van der Waals surface area contributed by atoms with Gasteiger partial charge in [0.25, 0.3) is 0 Å². The fraction of sp³-hybridized carbons (Fsp3) is 0.0952. The average molecular weight is 371 g/mol. The van der Waals surface area contributed by atoms with E-state index in [4.69, 9.17) is 14.7 Å². The number of hydrogen-bond acceptors (Lipinski definition) is 6. The summed E-state index contributed by atoms with van der Waals surface area (Å²) >= 11 is 0. The third-order valence-electron chi connectivity index (χ3n) is 4.18. The second-order valence-electron chi connectivity index (χ2n) is 6.17. The van der Waals surface area contributed by atoms with Crippen LogP contribution in [-0.4, -0.2) is 22.3 Å². The van der Waals surface area contributed by atoms with Crippen LogP contribution in [0.2, 0.25) is 0 Å². The number of nitrogens with one attached hydrogen (secondary N) is 2. The topological polar surface area (TPSA) is 95.9 Å². The highest BCUT2D eigenvalue weighted by atomic mass is 16.5. The van der Waals surface area contributed by atoms with Gasteiger partial charge in [-0.2, -0.15) is 15.3 Å². The van der Waals surface area contributed by atoms with Crippen LogP contribution in [-0.2, 0) is 0 Å². The Balaban J connectivity index is 1.79. The van der Waals surface area contributed by atoms with Gasteiger partial charge < -0.3 is 14.8 Å². The summed E-state index contributed by atoms with van der Waals surface area (Å²) in [6, 6.07) is 18.4. The zero-order chi connectivity index (χ0) is 19.5. The number of hydrogen-bond donors (Lipinski definition) is 2. The molecule has 0 amide bonds. The van der Waals surface area contributed by atoms with E-state index in [1.807, 2.05) is 37.3 Å². The summed E-state index contributed by atoms with van der Waals surface area (Å²) < 4.78 is 11.5. The van der Waals surface area contributed by atoms with E-state index in [2.05, 4.69) is 26.6 Å². The SMILES string of the molecule is COc1cccc2c(Oc3ccc(C#N)cc3)nc(Nc3cc(C)[nH]n3)cc12. The zero-order valence-corrected chi connectivity index (χ0v) is 15.4. The molecular weight excluding hydrogens is 354 g/mol. The lowest BCUT2D eigenvalue weighted by Gasteiger charge is -2.13. The monoisotopic (exact) mass is 371 g/mol. The number of fused-ring (bicyclic) bond motifs is 1. The van der Waals surface area contributed by atoms with Crippen molar-refractivity contribution in [3.05, 3.63) is 65.9 Å². The summed E-state index contributed by atoms with van der Waals surface area (Å²) in [5.74, 6) is 2.96. The van der Waals surface area contributed by atoms with E-state index >= 15 is 0 Å². The minimum Gasteiger partial charge on any atom is -0.496 e. The highest BCUT2D eigenvalue weighted by Crippen LogP contribution is 2.35. The molecule has 4 aromatic rings. The molecule has 0 fully saturated rings. The molecule has 0 radical (unpaired) electrons. The van der Waals surface area contributed by atoms with Crippen LogP contribution < -0.4 is 14.8 Å². The molecule has 2 heterocycles. The predicted octanol–water partition coefficient (Wildman–Crippen LogP) is 4.68. The van der Waals surface area contributed by atoms with Crippen molar-refractivity contribution >= 4 is 22.4 Å². The number of aromatic nitrogens is 3. The number of anilines is 2. The van der Waals surface area contributed by atoms with Crippen molar-refractivity contribution in [2.45, 2.75) is 6.92 Å². The standard InChI is InChI=1S/C21H17N5O2/c1-13-10-20(26-25-13)23-19-11-17-16(4-3-5-18(17)27-2)21(24-19)28-15-8-6-14(12-22)7-9-15/h3-11H,1-2H3,(H2,23,24,25,26). The van der Waals surface area contributed by atoms with Gasteiger partial charge in [-0.25, -0.2) is 0 Å². The normalized spacial score (nSPS) is 10.5. The van der Waals surface area contributed by atoms with Crippen LogP contribution in [0.25, 0.3) is 10.8 Å². The molecule has 0 unspecified atom stereocenters. The van der Waals surface area contributed by atoms with Gasteiger partial charge in [-0.05, 0) is 49.4 Å². The van der Waals surface area contributed by atoms with Crippen molar-refractivity contribution in [2.24, 2.45) is 0 Å². The second-order valence-corrected chi connectivity index (χ2v) is 6.17. The molecule has 0 aliphatic carbocycles. The maximum absolute atomic E-state index is 8.96. The van der Waals surface area contributed by atoms with Crippen molar-refractivity contribution in [1.29, 1.82) is 5.26 Å². The molecule has 0 saturated heterocycles. The molecule has 7 nitrogen and oxygen atoms in total. The Kier molecular flexibility index (Phi) is 4.52. The summed E-state index contributed by atoms with van der Waals surface area (Å²) in [5, 5.41) is 20.9. The number of ether oxygens (including phenoxy) is 2. The summed E-state index contributed by atoms with van der Waals surface area (Å²) in [4.78, 5) is 4.61. The minimum atomic E-state index is 0.427. The number of H-pyrrole nitrogens is 1. The molecule has 0 bridgehead atoms. The molecule has 2 aromatic carbocycles. The molecule has 138 valence electrons. The number of methoxy groups -OCH3 is 1. The molecule has 0 atom stereocenters. The molecule has 4 rings (SSSR count). The van der Waals surface area contributed by atoms with Crippen molar-refractivity contribution in [3.8, 4) is 23.4 Å². The highest BCUT2D eigenvalue weighted by Gasteiger charge is 2.13. The Morgan fingerprint density at radius 3 is 2.54 bits per heavy atom. The second kappa shape index (κ2) is 7.29. The first-order valence-electron chi connectivity index (χ1n) is 8.61. The Bertz CT molecular complexity index is 1180. The summed E-state index contributed by atoms with van der Waals surface area (Å²) in [6.07, 6.45) is 0. The van der Waals surface area contributed by atoms with E-state index in [0.717, 1.165) is 16.5 Å². The fourth-order valence-corrected chi connectivity index (χ4v) is 2.86. The first-order valence-corrected chi connectivity index (χ1v) is 8.61. The van der Waals surface area contributed by atoms with E-state index in [0.29, 0.717) is 34.6 Å². The number of aryl methyl sites for hydroxylation is 1. The molecule has 7 heteroatoms. The summed E-state index contributed by atoms with van der Waals surface area (Å²) in [5.41, 5.74) is 1.51. The van der Waals surface area contributed by atoms with E-state index in [-0.39, 0.29) is 0 Å². The van der Waals surface area contributed by atoms with Crippen LogP contribution in [0.15, 0.2) is 54.6 Å². The number of benzene rings is 2. The van der Waals surface area contributed by atoms with Crippen LogP contribution in [0.4, 0.5) is 11.6 Å². The first kappa shape index (κ1) is 17.4. The van der Waals surface area contributed by atoms with Gasteiger partial charge in [0.1, 0.15) is 17.3 Å². The van der Waals surface area contributed by atoms with E-state index < -0.39 is 0 Å². The molecule has 0 aliphatic rings. The molecule has 28 heavy (non-hydrogen) atoms. The van der Waals surface area contributed by atoms with Crippen LogP contribution in [0, 0.1) is 18.3 Å². The van der Waals surface area contributed by atoms with Crippen LogP contribution in [0.3, 0.4) is 0 Å². The molecule has 0 aliphatic heterocycles. The number of pyridine rings is 1. The summed E-state index contributed by atoms with van der Waals surface area (Å²) in [6.45, 7) is 1.93. The van der Waals surface area contributed by atoms with Gasteiger partial charge >= 0.3 is 0 Å². The third-order valence-corrected chi connectivity index (χ3v) is 4.18. The van der Waals surface area contributed by atoms with Crippen molar-refractivity contribution in [2.75, 3.05) is 12.4 Å². The minimum absolute atomic E-state index is 0.427. The van der Waals surface area contributed by atoms with Crippen LogP contribution in [0.5, 0.6) is 17.4 Å². The van der Waals surface area contributed by atoms with Gasteiger partial charge in [0.15, 0.2) is 5.82 Å². The zero-order valence-electron chi connectivity index (χ0n) is 15.4. The lowest BCUT2D eigenvalue weighted by atomic mass is 10.1. The Morgan fingerprint density at radius 2 is 1.86 bits per heavy atom. The first-order chi connectivity index (χ1) is 13.7. The van der Waals surface area contributed by atoms with Crippen molar-refractivity contribution in [3.63, 3.8) is 0 Å². The van der Waals surface area contributed by atoms with Crippen LogP contribution >= 0.6 is 0 Å². The molecule has 2 aromatic heterocycles. The van der Waals surface area contributed by atoms with Gasteiger partial charge in [-0.15, -0.1) is 0 Å². The number of nitriles is 1. The van der Waals surface area contributed by atoms with Gasteiger partial charge in [0.05, 0.1) is 18.7 Å². The van der Waals surface area contributed by atoms with Crippen molar-refractivity contribution in [1.82, 2.24) is 15.2 Å². The number of nitrogens with zero attached hydrogens (tertiary/aromatic N) is 3. The molecule has 0 saturated carbocycles. The maximum Gasteiger partial charge on any atom is 0.229 e. The summed E-state index contributed by atoms with van der Waals surface area (Å²) in [7, 11) is 1.63. The quantitative estimate of drug-likeness (QED) is 0.529. The lowest BCUT2D eigenvalue weighted by molar-refractivity contribution is 0.419. The largest absolute Gasteiger partial charge is 0.496 e. The maximum atomic E-state index is 8.96. The lowest BCUT2D eigenvalue weighted by Crippen LogP contribution is -1.98. The van der Waals surface area contributed by atoms with E-state index in [1.54, 1.807) is 31.4 Å². The molecule has 2 N–H and O–H groups in total. The smallest absolute Gasteiger partial charge is 0.229 e. The molecular formula is C21H17N5O2. The van der Waals surface area contributed by atoms with Gasteiger partial charge in [0, 0.05) is 22.5 Å². The number of rotatable bonds is 5. The molecule has 0 spiro atoms. The van der Waals surface area contributed by atoms with Crippen molar-refractivity contribution < 1.29 is 9.47 Å². The van der Waals surface area contributed by atoms with Gasteiger partial charge in [0.2, 0.25) is 5.88 Å². The Morgan fingerprint density at radius 1 is 1.04 bits per heavy atom. The average Bonchev–Trinajstić information content (AvgIpc) is 3.12. The third kappa shape index (κ3) is 3.44. The van der Waals surface area contributed by atoms with Gasteiger partial charge in [-0.3, -0.25) is 5.10 Å². The Hall–Kier alpha value is -4.05.